The van der Waals surface area contributed by atoms with Crippen LogP contribution in [0.25, 0.3) is 0 Å². The van der Waals surface area contributed by atoms with Gasteiger partial charge >= 0.3 is 0 Å². The monoisotopic (exact) mass is 839 g/mol. The summed E-state index contributed by atoms with van der Waals surface area (Å²) in [6, 6.07) is 10.3. The minimum absolute atomic E-state index is 0.0503. The molecule has 18 heteroatoms. The Labute approximate surface area is 347 Å². The molecule has 17 nitrogen and oxygen atoms in total. The minimum Gasteiger partial charge on any atom is -0.364 e. The number of piperidine rings is 3. The number of nitrogens with one attached hydrogen (secondary N) is 3. The number of hydrogen-bond acceptors (Lipinski definition) is 13. The number of hydrogen-bond donors (Lipinski definition) is 4. The van der Waals surface area contributed by atoms with Gasteiger partial charge in [0.05, 0.1) is 22.2 Å². The molecule has 1 aromatic heterocycles. The fourth-order valence-corrected chi connectivity index (χ4v) is 10.0. The van der Waals surface area contributed by atoms with Gasteiger partial charge < -0.3 is 21.3 Å². The summed E-state index contributed by atoms with van der Waals surface area (Å²) in [5.74, 6) is -2.11. The van der Waals surface area contributed by atoms with E-state index in [1.165, 1.54) is 18.3 Å². The lowest BCUT2D eigenvalue weighted by Gasteiger charge is -2.46. The molecule has 1 saturated carbocycles. The second-order valence-electron chi connectivity index (χ2n) is 16.9. The van der Waals surface area contributed by atoms with Crippen molar-refractivity contribution >= 4 is 62.6 Å². The van der Waals surface area contributed by atoms with Crippen molar-refractivity contribution in [3.63, 3.8) is 0 Å². The number of anilines is 3. The average Bonchev–Trinajstić information content (AvgIpc) is 3.46. The zero-order chi connectivity index (χ0) is 42.3. The second-order valence-corrected chi connectivity index (χ2v) is 18.9. The van der Waals surface area contributed by atoms with Crippen LogP contribution in [0.4, 0.5) is 17.3 Å². The van der Waals surface area contributed by atoms with E-state index in [1.54, 1.807) is 24.3 Å². The van der Waals surface area contributed by atoms with Crippen LogP contribution in [0.3, 0.4) is 0 Å². The van der Waals surface area contributed by atoms with Gasteiger partial charge in [-0.1, -0.05) is 6.07 Å². The molecule has 2 atom stereocenters. The van der Waals surface area contributed by atoms with Crippen molar-refractivity contribution in [2.45, 2.75) is 87.7 Å². The highest BCUT2D eigenvalue weighted by atomic mass is 32.2. The molecule has 6 amide bonds. The number of amides is 6. The van der Waals surface area contributed by atoms with Gasteiger partial charge in [-0.25, -0.2) is 18.4 Å². The molecule has 0 bridgehead atoms. The summed E-state index contributed by atoms with van der Waals surface area (Å²) < 4.78 is 23.8. The highest BCUT2D eigenvalue weighted by molar-refractivity contribution is 7.90. The first-order chi connectivity index (χ1) is 28.7. The Bertz CT molecular complexity index is 2350. The molecule has 4 aliphatic heterocycles. The first kappa shape index (κ1) is 41.0. The van der Waals surface area contributed by atoms with Crippen LogP contribution in [0.2, 0.25) is 0 Å². The van der Waals surface area contributed by atoms with Crippen molar-refractivity contribution in [2.75, 3.05) is 42.7 Å². The third-order valence-electron chi connectivity index (χ3n) is 12.9. The number of carbonyl (C=O) groups is 6. The van der Waals surface area contributed by atoms with Crippen LogP contribution in [-0.2, 0) is 30.8 Å². The van der Waals surface area contributed by atoms with Crippen molar-refractivity contribution in [2.24, 2.45) is 17.1 Å². The van der Waals surface area contributed by atoms with Crippen LogP contribution < -0.4 is 26.6 Å². The van der Waals surface area contributed by atoms with Gasteiger partial charge in [-0.2, -0.15) is 0 Å². The molecular weight excluding hydrogens is 791 g/mol. The zero-order valence-corrected chi connectivity index (χ0v) is 34.3. The maximum Gasteiger partial charge on any atom is 0.271 e. The standard InChI is InChI=1S/C42H49N9O8S/c1-60(58,59)29-7-5-27(6-8-29)45-37-35(36(43)53)44-22-33(47-37)50-18-2-3-28(24-50)46-38(54)26-12-14-42(15-13-26)16-19-49(20-17-42)23-25-4-9-30-31(21-25)41(57)51(40(30)56)32-10-11-34(52)48-39(32)55/h4-9,21-22,26,28,32H,2-3,10-20,23-24H2,1H3,(H2,43,53)(H,45,47)(H,46,54)(H,48,52,55). The number of rotatable bonds is 10. The number of imide groups is 2. The number of nitrogens with two attached hydrogens (primary N) is 1. The number of aromatic nitrogens is 2. The maximum absolute atomic E-state index is 13.6. The van der Waals surface area contributed by atoms with Crippen LogP contribution in [0.5, 0.6) is 0 Å². The molecule has 4 fully saturated rings. The second kappa shape index (κ2) is 16.4. The van der Waals surface area contributed by atoms with E-state index in [2.05, 4.69) is 30.8 Å². The minimum atomic E-state index is -3.38. The van der Waals surface area contributed by atoms with Crippen LogP contribution in [-0.4, -0.2) is 108 Å². The predicted molar refractivity (Wildman–Crippen MR) is 219 cm³/mol. The third-order valence-corrected chi connectivity index (χ3v) is 14.0. The first-order valence-corrected chi connectivity index (χ1v) is 22.4. The van der Waals surface area contributed by atoms with Crippen LogP contribution in [0, 0.1) is 11.3 Å². The van der Waals surface area contributed by atoms with E-state index in [0.717, 1.165) is 81.2 Å². The van der Waals surface area contributed by atoms with Gasteiger partial charge in [0.1, 0.15) is 11.9 Å². The van der Waals surface area contributed by atoms with E-state index in [1.807, 2.05) is 11.0 Å². The molecule has 60 heavy (non-hydrogen) atoms. The van der Waals surface area contributed by atoms with E-state index in [-0.39, 0.29) is 58.1 Å². The fraction of sp³-hybridized carbons (Fsp3) is 0.476. The maximum atomic E-state index is 13.6. The summed E-state index contributed by atoms with van der Waals surface area (Å²) in [6.45, 7) is 3.62. The van der Waals surface area contributed by atoms with Crippen LogP contribution >= 0.6 is 0 Å². The van der Waals surface area contributed by atoms with Gasteiger partial charge in [-0.3, -0.25) is 43.9 Å². The summed E-state index contributed by atoms with van der Waals surface area (Å²) in [6.07, 6.45) is 10.1. The largest absolute Gasteiger partial charge is 0.364 e. The first-order valence-electron chi connectivity index (χ1n) is 20.5. The molecule has 2 aromatic carbocycles. The van der Waals surface area contributed by atoms with E-state index in [0.29, 0.717) is 36.7 Å². The Morgan fingerprint density at radius 2 is 1.63 bits per heavy atom. The summed E-state index contributed by atoms with van der Waals surface area (Å²) >= 11 is 0. The molecule has 3 saturated heterocycles. The lowest BCUT2D eigenvalue weighted by Crippen LogP contribution is -2.54. The van der Waals surface area contributed by atoms with Crippen LogP contribution in [0.1, 0.15) is 101 Å². The number of likely N-dealkylation sites (tertiary alicyclic amines) is 1. The van der Waals surface area contributed by atoms with E-state index in [9.17, 15) is 37.2 Å². The highest BCUT2D eigenvalue weighted by Crippen LogP contribution is 2.46. The van der Waals surface area contributed by atoms with Crippen molar-refractivity contribution in [1.29, 1.82) is 0 Å². The summed E-state index contributed by atoms with van der Waals surface area (Å²) in [4.78, 5) is 90.9. The highest BCUT2D eigenvalue weighted by Gasteiger charge is 2.45. The van der Waals surface area contributed by atoms with Gasteiger partial charge in [-0.15, -0.1) is 0 Å². The molecule has 5 aliphatic rings. The molecule has 8 rings (SSSR count). The Morgan fingerprint density at radius 1 is 0.917 bits per heavy atom. The van der Waals surface area contributed by atoms with E-state index in [4.69, 9.17) is 5.73 Å². The Balaban J connectivity index is 0.817. The molecule has 1 spiro atoms. The molecule has 2 unspecified atom stereocenters. The SMILES string of the molecule is CS(=O)(=O)c1ccc(Nc2nc(N3CCCC(NC(=O)C4CCC5(CC4)CCN(Cc4ccc6c(c4)C(=O)N(C4CCC(=O)NC4=O)C6=O)CC5)C3)cnc2C(N)=O)cc1. The fourth-order valence-electron chi connectivity index (χ4n) is 9.40. The van der Waals surface area contributed by atoms with E-state index >= 15 is 0 Å². The van der Waals surface area contributed by atoms with Crippen molar-refractivity contribution in [3.05, 3.63) is 71.0 Å². The summed E-state index contributed by atoms with van der Waals surface area (Å²) in [5, 5.41) is 8.59. The molecule has 3 aromatic rings. The number of carbonyl (C=O) groups excluding carboxylic acids is 6. The number of primary amides is 1. The Morgan fingerprint density at radius 3 is 2.32 bits per heavy atom. The normalized spacial score (nSPS) is 22.4. The summed E-state index contributed by atoms with van der Waals surface area (Å²) in [7, 11) is -3.38. The molecule has 1 aliphatic carbocycles. The van der Waals surface area contributed by atoms with Gasteiger partial charge in [0.25, 0.3) is 17.7 Å². The topological polar surface area (TPSA) is 234 Å². The zero-order valence-electron chi connectivity index (χ0n) is 33.4. The quantitative estimate of drug-likeness (QED) is 0.215. The predicted octanol–water partition coefficient (Wildman–Crippen LogP) is 2.68. The molecule has 316 valence electrons. The average molecular weight is 840 g/mol. The van der Waals surface area contributed by atoms with Crippen molar-refractivity contribution in [1.82, 2.24) is 30.4 Å². The van der Waals surface area contributed by atoms with Gasteiger partial charge in [-0.05, 0) is 118 Å². The smallest absolute Gasteiger partial charge is 0.271 e. The molecular formula is C42H49N9O8S. The molecule has 0 radical (unpaired) electrons. The van der Waals surface area contributed by atoms with Gasteiger partial charge in [0.2, 0.25) is 17.7 Å². The third kappa shape index (κ3) is 8.48. The van der Waals surface area contributed by atoms with Gasteiger partial charge in [0.15, 0.2) is 21.3 Å². The lowest BCUT2D eigenvalue weighted by molar-refractivity contribution is -0.136. The number of fused-ring (bicyclic) bond motifs is 1. The molecule has 5 heterocycles. The van der Waals surface area contributed by atoms with Crippen molar-refractivity contribution in [3.8, 4) is 0 Å². The van der Waals surface area contributed by atoms with Crippen molar-refractivity contribution < 1.29 is 37.2 Å². The number of sulfone groups is 1. The molecule has 5 N–H and O–H groups in total. The lowest BCUT2D eigenvalue weighted by atomic mass is 9.65. The van der Waals surface area contributed by atoms with E-state index < -0.39 is 45.4 Å². The number of nitrogens with zero attached hydrogens (tertiary/aromatic N) is 5. The Kier molecular flexibility index (Phi) is 11.2. The Hall–Kier alpha value is -5.75. The van der Waals surface area contributed by atoms with Crippen LogP contribution in [0.15, 0.2) is 53.6 Å². The van der Waals surface area contributed by atoms with Gasteiger partial charge in [0, 0.05) is 50.0 Å². The summed E-state index contributed by atoms with van der Waals surface area (Å²) in [5.41, 5.74) is 7.74. The number of benzene rings is 2.